The number of esters is 1. The predicted octanol–water partition coefficient (Wildman–Crippen LogP) is 3.65. The van der Waals surface area contributed by atoms with E-state index in [0.29, 0.717) is 5.69 Å². The van der Waals surface area contributed by atoms with Gasteiger partial charge in [-0.25, -0.2) is 4.98 Å². The number of nitrogens with zero attached hydrogens (tertiary/aromatic N) is 1. The minimum atomic E-state index is -0.422. The highest BCUT2D eigenvalue weighted by molar-refractivity contribution is 7.14. The molecular weight excluding hydrogens is 356 g/mol. The summed E-state index contributed by atoms with van der Waals surface area (Å²) in [5.41, 5.74) is 1.74. The molecular formula is C18H22N2O3S2. The molecule has 3 rings (SSSR count). The van der Waals surface area contributed by atoms with Gasteiger partial charge in [-0.05, 0) is 43.0 Å². The van der Waals surface area contributed by atoms with Gasteiger partial charge in [-0.15, -0.1) is 11.3 Å². The van der Waals surface area contributed by atoms with E-state index >= 15 is 0 Å². The van der Waals surface area contributed by atoms with Gasteiger partial charge in [0.25, 0.3) is 5.91 Å². The zero-order valence-electron chi connectivity index (χ0n) is 14.2. The Kier molecular flexibility index (Phi) is 6.20. The van der Waals surface area contributed by atoms with Gasteiger partial charge in [0.05, 0.1) is 12.1 Å². The minimum Gasteiger partial charge on any atom is -0.455 e. The molecule has 0 bridgehead atoms. The first-order valence-electron chi connectivity index (χ1n) is 8.52. The van der Waals surface area contributed by atoms with Gasteiger partial charge in [0, 0.05) is 22.4 Å². The smallest absolute Gasteiger partial charge is 0.312 e. The fourth-order valence-electron chi connectivity index (χ4n) is 2.93. The highest BCUT2D eigenvalue weighted by atomic mass is 32.1. The molecule has 25 heavy (non-hydrogen) atoms. The van der Waals surface area contributed by atoms with Gasteiger partial charge >= 0.3 is 5.97 Å². The van der Waals surface area contributed by atoms with Crippen LogP contribution in [0, 0.1) is 5.92 Å². The molecule has 0 aliphatic heterocycles. The van der Waals surface area contributed by atoms with E-state index in [-0.39, 0.29) is 25.0 Å². The Morgan fingerprint density at radius 1 is 1.28 bits per heavy atom. The summed E-state index contributed by atoms with van der Waals surface area (Å²) in [6.45, 7) is 2.02. The quantitative estimate of drug-likeness (QED) is 0.779. The van der Waals surface area contributed by atoms with Crippen LogP contribution in [0.15, 0.2) is 22.2 Å². The van der Waals surface area contributed by atoms with Crippen molar-refractivity contribution >= 4 is 34.6 Å². The van der Waals surface area contributed by atoms with E-state index in [2.05, 4.69) is 17.2 Å². The summed E-state index contributed by atoms with van der Waals surface area (Å²) < 4.78 is 5.09. The maximum absolute atomic E-state index is 11.9. The first-order chi connectivity index (χ1) is 12.1. The molecule has 1 N–H and O–H groups in total. The third kappa shape index (κ3) is 5.37. The topological polar surface area (TPSA) is 68.3 Å². The molecule has 0 aromatic carbocycles. The molecule has 2 aromatic heterocycles. The average molecular weight is 379 g/mol. The molecule has 0 spiro atoms. The number of hydrogen-bond donors (Lipinski definition) is 1. The molecule has 1 saturated carbocycles. The molecule has 0 unspecified atom stereocenters. The van der Waals surface area contributed by atoms with E-state index in [0.717, 1.165) is 42.2 Å². The number of thiazole rings is 1. The average Bonchev–Trinajstić information content (AvgIpc) is 3.26. The van der Waals surface area contributed by atoms with E-state index in [9.17, 15) is 9.59 Å². The highest BCUT2D eigenvalue weighted by Crippen LogP contribution is 2.26. The van der Waals surface area contributed by atoms with Crippen LogP contribution in [0.2, 0.25) is 0 Å². The van der Waals surface area contributed by atoms with Crippen molar-refractivity contribution in [1.82, 2.24) is 10.3 Å². The molecule has 2 aromatic rings. The van der Waals surface area contributed by atoms with Crippen LogP contribution in [0.1, 0.15) is 38.3 Å². The van der Waals surface area contributed by atoms with Crippen LogP contribution in [0.3, 0.4) is 0 Å². The van der Waals surface area contributed by atoms with Crippen molar-refractivity contribution in [2.24, 2.45) is 5.92 Å². The standard InChI is InChI=1S/C18H22N2O3S2/c1-12-2-4-14(5-3-12)19-16(21)9-23-17(22)8-15-11-25-18(20-15)13-6-7-24-10-13/h6-7,10-12,14H,2-5,8-9H2,1H3,(H,19,21). The number of aromatic nitrogens is 1. The van der Waals surface area contributed by atoms with Crippen LogP contribution in [-0.4, -0.2) is 29.5 Å². The van der Waals surface area contributed by atoms with E-state index in [1.54, 1.807) is 11.3 Å². The summed E-state index contributed by atoms with van der Waals surface area (Å²) in [5.74, 6) is 0.0998. The van der Waals surface area contributed by atoms with Crippen molar-refractivity contribution in [3.8, 4) is 10.6 Å². The maximum atomic E-state index is 11.9. The fraction of sp³-hybridized carbons (Fsp3) is 0.500. The molecule has 5 nitrogen and oxygen atoms in total. The molecule has 134 valence electrons. The van der Waals surface area contributed by atoms with Crippen LogP contribution < -0.4 is 5.32 Å². The van der Waals surface area contributed by atoms with Crippen LogP contribution in [0.4, 0.5) is 0 Å². The number of carbonyl (C=O) groups excluding carboxylic acids is 2. The van der Waals surface area contributed by atoms with Gasteiger partial charge in [-0.2, -0.15) is 11.3 Å². The third-order valence-electron chi connectivity index (χ3n) is 4.39. The minimum absolute atomic E-state index is 0.0921. The summed E-state index contributed by atoms with van der Waals surface area (Å²) in [7, 11) is 0. The molecule has 7 heteroatoms. The molecule has 0 atom stereocenters. The zero-order chi connectivity index (χ0) is 17.6. The van der Waals surface area contributed by atoms with Crippen LogP contribution >= 0.6 is 22.7 Å². The molecule has 0 radical (unpaired) electrons. The van der Waals surface area contributed by atoms with Gasteiger partial charge in [0.15, 0.2) is 6.61 Å². The number of amides is 1. The molecule has 0 saturated heterocycles. The monoisotopic (exact) mass is 378 g/mol. The van der Waals surface area contributed by atoms with Crippen LogP contribution in [-0.2, 0) is 20.7 Å². The van der Waals surface area contributed by atoms with Crippen LogP contribution in [0.25, 0.3) is 10.6 Å². The summed E-state index contributed by atoms with van der Waals surface area (Å²) in [4.78, 5) is 28.3. The lowest BCUT2D eigenvalue weighted by Crippen LogP contribution is -2.39. The second-order valence-corrected chi connectivity index (χ2v) is 8.16. The Morgan fingerprint density at radius 3 is 2.80 bits per heavy atom. The number of nitrogens with one attached hydrogen (secondary N) is 1. The van der Waals surface area contributed by atoms with E-state index < -0.39 is 5.97 Å². The molecule has 1 aliphatic rings. The van der Waals surface area contributed by atoms with Crippen molar-refractivity contribution in [1.29, 1.82) is 0 Å². The lowest BCUT2D eigenvalue weighted by atomic mass is 9.87. The number of rotatable bonds is 6. The lowest BCUT2D eigenvalue weighted by molar-refractivity contribution is -0.148. The number of thiophene rings is 1. The van der Waals surface area contributed by atoms with Crippen molar-refractivity contribution in [3.63, 3.8) is 0 Å². The van der Waals surface area contributed by atoms with E-state index in [1.165, 1.54) is 11.3 Å². The fourth-order valence-corrected chi connectivity index (χ4v) is 4.46. The first kappa shape index (κ1) is 18.1. The lowest BCUT2D eigenvalue weighted by Gasteiger charge is -2.26. The Bertz CT molecular complexity index is 704. The highest BCUT2D eigenvalue weighted by Gasteiger charge is 2.20. The second-order valence-electron chi connectivity index (χ2n) is 6.52. The summed E-state index contributed by atoms with van der Waals surface area (Å²) in [5, 5.41) is 9.73. The van der Waals surface area contributed by atoms with Gasteiger partial charge in [-0.3, -0.25) is 9.59 Å². The van der Waals surface area contributed by atoms with Gasteiger partial charge in [-0.1, -0.05) is 6.92 Å². The largest absolute Gasteiger partial charge is 0.455 e. The zero-order valence-corrected chi connectivity index (χ0v) is 15.8. The Labute approximate surface area is 155 Å². The first-order valence-corrected chi connectivity index (χ1v) is 10.3. The number of hydrogen-bond acceptors (Lipinski definition) is 6. The Morgan fingerprint density at radius 2 is 2.08 bits per heavy atom. The summed E-state index contributed by atoms with van der Waals surface area (Å²) in [6.07, 6.45) is 4.38. The van der Waals surface area contributed by atoms with Gasteiger partial charge < -0.3 is 10.1 Å². The van der Waals surface area contributed by atoms with E-state index in [1.807, 2.05) is 22.2 Å². The number of ether oxygens (including phenoxy) is 1. The Balaban J connectivity index is 1.40. The Hall–Kier alpha value is -1.73. The summed E-state index contributed by atoms with van der Waals surface area (Å²) in [6, 6.07) is 2.22. The van der Waals surface area contributed by atoms with Gasteiger partial charge in [0.1, 0.15) is 5.01 Å². The summed E-state index contributed by atoms with van der Waals surface area (Å²) >= 11 is 3.12. The molecule has 1 aliphatic carbocycles. The van der Waals surface area contributed by atoms with Crippen molar-refractivity contribution in [2.75, 3.05) is 6.61 Å². The molecule has 1 fully saturated rings. The molecule has 1 amide bonds. The third-order valence-corrected chi connectivity index (χ3v) is 6.01. The van der Waals surface area contributed by atoms with Gasteiger partial charge in [0.2, 0.25) is 0 Å². The van der Waals surface area contributed by atoms with Crippen molar-refractivity contribution in [2.45, 2.75) is 45.1 Å². The predicted molar refractivity (Wildman–Crippen MR) is 99.7 cm³/mol. The molecule has 2 heterocycles. The van der Waals surface area contributed by atoms with Crippen molar-refractivity contribution < 1.29 is 14.3 Å². The SMILES string of the molecule is CC1CCC(NC(=O)COC(=O)Cc2csc(-c3ccsc3)n2)CC1. The van der Waals surface area contributed by atoms with Crippen LogP contribution in [0.5, 0.6) is 0 Å². The maximum Gasteiger partial charge on any atom is 0.312 e. The van der Waals surface area contributed by atoms with E-state index in [4.69, 9.17) is 4.74 Å². The second kappa shape index (κ2) is 8.58. The normalized spacial score (nSPS) is 20.2. The number of carbonyl (C=O) groups is 2. The van der Waals surface area contributed by atoms with Crippen molar-refractivity contribution in [3.05, 3.63) is 27.9 Å².